The molecule has 0 heterocycles. The Hall–Kier alpha value is -1.19. The van der Waals surface area contributed by atoms with Gasteiger partial charge in [-0.3, -0.25) is 9.59 Å². The second-order valence-corrected chi connectivity index (χ2v) is 3.34. The molecule has 0 fully saturated rings. The molecule has 0 saturated carbocycles. The van der Waals surface area contributed by atoms with Gasteiger partial charge in [0.2, 0.25) is 5.78 Å². The molecule has 0 N–H and O–H groups in total. The third kappa shape index (κ3) is 5.45. The maximum absolute atomic E-state index is 11.1. The minimum Gasteiger partial charge on any atom is -0.457 e. The molecule has 80 valence electrons. The Morgan fingerprint density at radius 3 is 2.21 bits per heavy atom. The summed E-state index contributed by atoms with van der Waals surface area (Å²) in [5.41, 5.74) is 0. The van der Waals surface area contributed by atoms with Gasteiger partial charge in [-0.05, 0) is 20.3 Å². The summed E-state index contributed by atoms with van der Waals surface area (Å²) in [4.78, 5) is 33.1. The summed E-state index contributed by atoms with van der Waals surface area (Å²) in [5.74, 6) is -1.88. The molecule has 4 heteroatoms. The monoisotopic (exact) mass is 200 g/mol. The zero-order valence-corrected chi connectivity index (χ0v) is 8.83. The summed E-state index contributed by atoms with van der Waals surface area (Å²) in [7, 11) is 0. The van der Waals surface area contributed by atoms with E-state index in [-0.39, 0.29) is 18.3 Å². The molecule has 0 aromatic carbocycles. The third-order valence-electron chi connectivity index (χ3n) is 1.46. The first kappa shape index (κ1) is 12.8. The molecule has 4 nitrogen and oxygen atoms in total. The van der Waals surface area contributed by atoms with Gasteiger partial charge in [0.05, 0.1) is 12.5 Å². The van der Waals surface area contributed by atoms with Crippen LogP contribution in [0.3, 0.4) is 0 Å². The van der Waals surface area contributed by atoms with Crippen molar-refractivity contribution in [3.63, 3.8) is 0 Å². The van der Waals surface area contributed by atoms with Gasteiger partial charge in [-0.25, -0.2) is 4.79 Å². The Kier molecular flexibility index (Phi) is 5.76. The lowest BCUT2D eigenvalue weighted by Crippen LogP contribution is -2.23. The fraction of sp³-hybridized carbons (Fsp3) is 0.700. The van der Waals surface area contributed by atoms with Crippen LogP contribution in [0.2, 0.25) is 0 Å². The van der Waals surface area contributed by atoms with Gasteiger partial charge in [0.25, 0.3) is 0 Å². The van der Waals surface area contributed by atoms with Crippen molar-refractivity contribution < 1.29 is 19.1 Å². The number of carbonyl (C=O) groups excluding carboxylic acids is 3. The first-order valence-electron chi connectivity index (χ1n) is 4.72. The van der Waals surface area contributed by atoms with E-state index in [1.165, 1.54) is 0 Å². The van der Waals surface area contributed by atoms with Crippen LogP contribution < -0.4 is 0 Å². The average molecular weight is 200 g/mol. The summed E-state index contributed by atoms with van der Waals surface area (Å²) in [6.45, 7) is 5.15. The molecule has 0 radical (unpaired) electrons. The lowest BCUT2D eigenvalue weighted by Gasteiger charge is -2.05. The van der Waals surface area contributed by atoms with E-state index in [0.29, 0.717) is 12.8 Å². The maximum atomic E-state index is 11.1. The van der Waals surface area contributed by atoms with E-state index in [2.05, 4.69) is 4.74 Å². The Morgan fingerprint density at radius 2 is 1.79 bits per heavy atom. The zero-order valence-electron chi connectivity index (χ0n) is 8.83. The minimum absolute atomic E-state index is 0.210. The van der Waals surface area contributed by atoms with Crippen molar-refractivity contribution >= 4 is 17.5 Å². The number of carbonyl (C=O) groups is 3. The summed E-state index contributed by atoms with van der Waals surface area (Å²) in [6, 6.07) is 0. The molecule has 0 saturated heterocycles. The molecule has 0 aromatic rings. The second-order valence-electron chi connectivity index (χ2n) is 3.34. The lowest BCUT2D eigenvalue weighted by atomic mass is 10.1. The fourth-order valence-corrected chi connectivity index (χ4v) is 0.898. The molecule has 0 unspecified atom stereocenters. The SMILES string of the molecule is CCCC(=O)CC(=O)C(=O)OC(C)C. The highest BCUT2D eigenvalue weighted by Gasteiger charge is 2.19. The van der Waals surface area contributed by atoms with Gasteiger partial charge >= 0.3 is 5.97 Å². The molecule has 0 bridgehead atoms. The third-order valence-corrected chi connectivity index (χ3v) is 1.46. The highest BCUT2D eigenvalue weighted by molar-refractivity contribution is 6.37. The van der Waals surface area contributed by atoms with Crippen molar-refractivity contribution in [2.45, 2.75) is 46.1 Å². The molecule has 0 amide bonds. The predicted octanol–water partition coefficient (Wildman–Crippen LogP) is 1.27. The van der Waals surface area contributed by atoms with Crippen molar-refractivity contribution in [1.82, 2.24) is 0 Å². The summed E-state index contributed by atoms with van der Waals surface area (Å²) in [5, 5.41) is 0. The number of rotatable bonds is 6. The number of esters is 1. The largest absolute Gasteiger partial charge is 0.457 e. The van der Waals surface area contributed by atoms with Crippen LogP contribution in [0.5, 0.6) is 0 Å². The number of Topliss-reactive ketones (excluding diaryl/α,β-unsaturated/α-hetero) is 2. The van der Waals surface area contributed by atoms with E-state index in [1.807, 2.05) is 6.92 Å². The second kappa shape index (κ2) is 6.29. The van der Waals surface area contributed by atoms with Crippen LogP contribution in [-0.4, -0.2) is 23.6 Å². The van der Waals surface area contributed by atoms with Gasteiger partial charge in [0.1, 0.15) is 5.78 Å². The van der Waals surface area contributed by atoms with Crippen LogP contribution >= 0.6 is 0 Å². The van der Waals surface area contributed by atoms with Crippen LogP contribution in [0.25, 0.3) is 0 Å². The lowest BCUT2D eigenvalue weighted by molar-refractivity contribution is -0.157. The predicted molar refractivity (Wildman–Crippen MR) is 50.8 cm³/mol. The van der Waals surface area contributed by atoms with Crippen molar-refractivity contribution in [3.05, 3.63) is 0 Å². The Balaban J connectivity index is 3.96. The normalized spacial score (nSPS) is 10.0. The highest BCUT2D eigenvalue weighted by Crippen LogP contribution is 1.98. The van der Waals surface area contributed by atoms with E-state index in [4.69, 9.17) is 0 Å². The molecule has 0 aliphatic rings. The van der Waals surface area contributed by atoms with E-state index < -0.39 is 11.8 Å². The molecule has 14 heavy (non-hydrogen) atoms. The Bertz CT molecular complexity index is 230. The van der Waals surface area contributed by atoms with Gasteiger partial charge in [-0.2, -0.15) is 0 Å². The maximum Gasteiger partial charge on any atom is 0.375 e. The topological polar surface area (TPSA) is 60.4 Å². The molecular formula is C10H16O4. The quantitative estimate of drug-likeness (QED) is 0.368. The van der Waals surface area contributed by atoms with Crippen LogP contribution in [0.1, 0.15) is 40.0 Å². The fourth-order valence-electron chi connectivity index (χ4n) is 0.898. The summed E-state index contributed by atoms with van der Waals surface area (Å²) in [6.07, 6.45) is 0.360. The van der Waals surface area contributed by atoms with Crippen LogP contribution in [0, 0.1) is 0 Å². The van der Waals surface area contributed by atoms with Crippen LogP contribution in [-0.2, 0) is 19.1 Å². The Morgan fingerprint density at radius 1 is 1.21 bits per heavy atom. The Labute approximate surface area is 83.6 Å². The average Bonchev–Trinajstić information content (AvgIpc) is 2.02. The first-order valence-corrected chi connectivity index (χ1v) is 4.72. The number of hydrogen-bond acceptors (Lipinski definition) is 4. The molecule has 0 rings (SSSR count). The molecule has 0 spiro atoms. The van der Waals surface area contributed by atoms with E-state index in [1.54, 1.807) is 13.8 Å². The number of hydrogen-bond donors (Lipinski definition) is 0. The van der Waals surface area contributed by atoms with Crippen LogP contribution in [0.15, 0.2) is 0 Å². The standard InChI is InChI=1S/C10H16O4/c1-4-5-8(11)6-9(12)10(13)14-7(2)3/h7H,4-6H2,1-3H3. The van der Waals surface area contributed by atoms with Crippen molar-refractivity contribution in [1.29, 1.82) is 0 Å². The first-order chi connectivity index (χ1) is 6.47. The van der Waals surface area contributed by atoms with Gasteiger partial charge in [0.15, 0.2) is 0 Å². The number of ketones is 2. The van der Waals surface area contributed by atoms with Gasteiger partial charge in [-0.1, -0.05) is 6.92 Å². The van der Waals surface area contributed by atoms with Gasteiger partial charge < -0.3 is 4.74 Å². The van der Waals surface area contributed by atoms with Crippen LogP contribution in [0.4, 0.5) is 0 Å². The number of ether oxygens (including phenoxy) is 1. The smallest absolute Gasteiger partial charge is 0.375 e. The molecule has 0 atom stereocenters. The molecule has 0 aromatic heterocycles. The molecular weight excluding hydrogens is 184 g/mol. The zero-order chi connectivity index (χ0) is 11.1. The van der Waals surface area contributed by atoms with Crippen molar-refractivity contribution in [2.75, 3.05) is 0 Å². The summed E-state index contributed by atoms with van der Waals surface area (Å²) < 4.78 is 4.65. The van der Waals surface area contributed by atoms with E-state index in [9.17, 15) is 14.4 Å². The molecule has 0 aliphatic heterocycles. The minimum atomic E-state index is -0.913. The molecule has 0 aliphatic carbocycles. The van der Waals surface area contributed by atoms with E-state index >= 15 is 0 Å². The summed E-state index contributed by atoms with van der Waals surface area (Å²) >= 11 is 0. The van der Waals surface area contributed by atoms with Crippen molar-refractivity contribution in [2.24, 2.45) is 0 Å². The van der Waals surface area contributed by atoms with E-state index in [0.717, 1.165) is 0 Å². The van der Waals surface area contributed by atoms with Gasteiger partial charge in [-0.15, -0.1) is 0 Å². The highest BCUT2D eigenvalue weighted by atomic mass is 16.5. The van der Waals surface area contributed by atoms with Gasteiger partial charge in [0, 0.05) is 6.42 Å². The van der Waals surface area contributed by atoms with Crippen molar-refractivity contribution in [3.8, 4) is 0 Å².